The minimum atomic E-state index is 0.242. The zero-order chi connectivity index (χ0) is 17.3. The van der Waals surface area contributed by atoms with Crippen LogP contribution in [0.2, 0.25) is 0 Å². The number of hydrogen-bond donors (Lipinski definition) is 0. The molecule has 0 nitrogen and oxygen atoms in total. The van der Waals surface area contributed by atoms with E-state index in [1.165, 1.54) is 39.8 Å². The van der Waals surface area contributed by atoms with Crippen LogP contribution < -0.4 is 0 Å². The molecule has 0 heterocycles. The molecule has 0 bridgehead atoms. The minimum absolute atomic E-state index is 0.242. The third-order valence-electron chi connectivity index (χ3n) is 5.27. The van der Waals surface area contributed by atoms with Crippen LogP contribution in [0, 0.1) is 5.41 Å². The summed E-state index contributed by atoms with van der Waals surface area (Å²) in [4.78, 5) is 0. The van der Waals surface area contributed by atoms with E-state index in [2.05, 4.69) is 77.1 Å². The zero-order valence-corrected chi connectivity index (χ0v) is 15.9. The summed E-state index contributed by atoms with van der Waals surface area (Å²) in [5.74, 6) is 0. The van der Waals surface area contributed by atoms with Gasteiger partial charge in [-0.3, -0.25) is 0 Å². The van der Waals surface area contributed by atoms with Crippen molar-refractivity contribution >= 4 is 6.08 Å². The zero-order valence-electron chi connectivity index (χ0n) is 15.9. The molecule has 0 saturated carbocycles. The molecule has 0 aromatic heterocycles. The quantitative estimate of drug-likeness (QED) is 0.578. The minimum Gasteiger partial charge on any atom is -0.0651 e. The molecule has 0 spiro atoms. The van der Waals surface area contributed by atoms with E-state index in [1.807, 2.05) is 0 Å². The van der Waals surface area contributed by atoms with Gasteiger partial charge in [0, 0.05) is 0 Å². The highest BCUT2D eigenvalue weighted by Gasteiger charge is 2.26. The molecule has 126 valence electrons. The van der Waals surface area contributed by atoms with Crippen molar-refractivity contribution in [1.82, 2.24) is 0 Å². The lowest BCUT2D eigenvalue weighted by molar-refractivity contribution is 0.498. The molecule has 0 amide bonds. The van der Waals surface area contributed by atoms with Gasteiger partial charge in [0.1, 0.15) is 0 Å². The molecular weight excluding hydrogens is 288 g/mol. The van der Waals surface area contributed by atoms with Crippen LogP contribution in [-0.4, -0.2) is 0 Å². The van der Waals surface area contributed by atoms with E-state index < -0.39 is 0 Å². The fourth-order valence-electron chi connectivity index (χ4n) is 3.81. The van der Waals surface area contributed by atoms with Gasteiger partial charge in [-0.25, -0.2) is 0 Å². The molecule has 0 N–H and O–H groups in total. The summed E-state index contributed by atoms with van der Waals surface area (Å²) in [6.45, 7) is 11.5. The normalized spacial score (nSPS) is 13.8. The summed E-state index contributed by atoms with van der Waals surface area (Å²) in [5, 5.41) is 0. The second-order valence-electron chi connectivity index (χ2n) is 8.03. The molecule has 1 aliphatic rings. The van der Waals surface area contributed by atoms with Crippen molar-refractivity contribution in [3.05, 3.63) is 64.2 Å². The van der Waals surface area contributed by atoms with Crippen LogP contribution >= 0.6 is 0 Å². The molecule has 2 aromatic carbocycles. The number of fused-ring (bicyclic) bond motifs is 1. The van der Waals surface area contributed by atoms with Gasteiger partial charge in [-0.2, -0.15) is 0 Å². The molecule has 0 heteroatoms. The van der Waals surface area contributed by atoms with Gasteiger partial charge in [0.25, 0.3) is 0 Å². The number of rotatable bonds is 4. The van der Waals surface area contributed by atoms with E-state index in [0.29, 0.717) is 0 Å². The molecular formula is C24H30. The Morgan fingerprint density at radius 3 is 2.33 bits per heavy atom. The first kappa shape index (κ1) is 17.0. The van der Waals surface area contributed by atoms with Crippen molar-refractivity contribution in [3.63, 3.8) is 0 Å². The SMILES string of the molecule is CCCc1ccc2c(c1-c1ccccc1CC)C=C(C(C)(C)C)C2. The molecule has 0 aliphatic heterocycles. The fraction of sp³-hybridized carbons (Fsp3) is 0.417. The summed E-state index contributed by atoms with van der Waals surface area (Å²) in [6.07, 6.45) is 7.01. The van der Waals surface area contributed by atoms with Crippen molar-refractivity contribution in [2.75, 3.05) is 0 Å². The van der Waals surface area contributed by atoms with Gasteiger partial charge in [0.15, 0.2) is 0 Å². The second-order valence-corrected chi connectivity index (χ2v) is 8.03. The Morgan fingerprint density at radius 1 is 0.917 bits per heavy atom. The van der Waals surface area contributed by atoms with Crippen molar-refractivity contribution < 1.29 is 0 Å². The smallest absolute Gasteiger partial charge is 0.00523 e. The summed E-state index contributed by atoms with van der Waals surface area (Å²) in [7, 11) is 0. The average molecular weight is 319 g/mol. The van der Waals surface area contributed by atoms with Crippen molar-refractivity contribution in [3.8, 4) is 11.1 Å². The van der Waals surface area contributed by atoms with Crippen LogP contribution in [0.3, 0.4) is 0 Å². The molecule has 0 saturated heterocycles. The molecule has 0 radical (unpaired) electrons. The monoisotopic (exact) mass is 318 g/mol. The summed E-state index contributed by atoms with van der Waals surface area (Å²) >= 11 is 0. The Bertz CT molecular complexity index is 769. The van der Waals surface area contributed by atoms with E-state index in [-0.39, 0.29) is 5.41 Å². The van der Waals surface area contributed by atoms with E-state index in [9.17, 15) is 0 Å². The average Bonchev–Trinajstić information content (AvgIpc) is 2.99. The first-order chi connectivity index (χ1) is 11.5. The van der Waals surface area contributed by atoms with Crippen molar-refractivity contribution in [2.24, 2.45) is 5.41 Å². The summed E-state index contributed by atoms with van der Waals surface area (Å²) in [5.41, 5.74) is 10.7. The van der Waals surface area contributed by atoms with Gasteiger partial charge >= 0.3 is 0 Å². The van der Waals surface area contributed by atoms with Crippen LogP contribution in [0.15, 0.2) is 42.0 Å². The van der Waals surface area contributed by atoms with Gasteiger partial charge in [0.2, 0.25) is 0 Å². The number of aryl methyl sites for hydroxylation is 2. The first-order valence-electron chi connectivity index (χ1n) is 9.39. The van der Waals surface area contributed by atoms with E-state index in [4.69, 9.17) is 0 Å². The molecule has 2 aromatic rings. The van der Waals surface area contributed by atoms with E-state index in [0.717, 1.165) is 19.3 Å². The van der Waals surface area contributed by atoms with E-state index in [1.54, 1.807) is 5.57 Å². The highest BCUT2D eigenvalue weighted by Crippen LogP contribution is 2.42. The Morgan fingerprint density at radius 2 is 1.67 bits per heavy atom. The van der Waals surface area contributed by atoms with Gasteiger partial charge < -0.3 is 0 Å². The maximum Gasteiger partial charge on any atom is -0.00523 e. The predicted octanol–water partition coefficient (Wildman–Crippen LogP) is 6.85. The first-order valence-corrected chi connectivity index (χ1v) is 9.39. The highest BCUT2D eigenvalue weighted by molar-refractivity contribution is 5.85. The maximum absolute atomic E-state index is 2.48. The third kappa shape index (κ3) is 3.07. The van der Waals surface area contributed by atoms with Crippen LogP contribution in [0.25, 0.3) is 17.2 Å². The molecule has 0 unspecified atom stereocenters. The Labute approximate surface area is 147 Å². The van der Waals surface area contributed by atoms with Crippen LogP contribution in [0.4, 0.5) is 0 Å². The van der Waals surface area contributed by atoms with E-state index >= 15 is 0 Å². The lowest BCUT2D eigenvalue weighted by Gasteiger charge is -2.19. The van der Waals surface area contributed by atoms with Crippen molar-refractivity contribution in [1.29, 1.82) is 0 Å². The van der Waals surface area contributed by atoms with Crippen LogP contribution in [0.1, 0.15) is 63.3 Å². The fourth-order valence-corrected chi connectivity index (χ4v) is 3.81. The number of hydrogen-bond acceptors (Lipinski definition) is 0. The molecule has 0 atom stereocenters. The van der Waals surface area contributed by atoms with Crippen LogP contribution in [0.5, 0.6) is 0 Å². The highest BCUT2D eigenvalue weighted by atomic mass is 14.3. The van der Waals surface area contributed by atoms with Gasteiger partial charge in [-0.05, 0) is 58.1 Å². The summed E-state index contributed by atoms with van der Waals surface area (Å²) in [6, 6.07) is 13.7. The Hall–Kier alpha value is -1.82. The predicted molar refractivity (Wildman–Crippen MR) is 106 cm³/mol. The second kappa shape index (κ2) is 6.59. The lowest BCUT2D eigenvalue weighted by Crippen LogP contribution is -2.08. The van der Waals surface area contributed by atoms with Gasteiger partial charge in [-0.1, -0.05) is 89.1 Å². The third-order valence-corrected chi connectivity index (χ3v) is 5.27. The topological polar surface area (TPSA) is 0 Å². The maximum atomic E-state index is 2.48. The molecule has 24 heavy (non-hydrogen) atoms. The molecule has 0 fully saturated rings. The Kier molecular flexibility index (Phi) is 4.67. The lowest BCUT2D eigenvalue weighted by atomic mass is 9.85. The molecule has 1 aliphatic carbocycles. The largest absolute Gasteiger partial charge is 0.0651 e. The number of benzene rings is 2. The Balaban J connectivity index is 2.25. The van der Waals surface area contributed by atoms with Gasteiger partial charge in [-0.15, -0.1) is 0 Å². The van der Waals surface area contributed by atoms with Crippen molar-refractivity contribution in [2.45, 2.75) is 60.3 Å². The van der Waals surface area contributed by atoms with Gasteiger partial charge in [0.05, 0.1) is 0 Å². The van der Waals surface area contributed by atoms with Crippen LogP contribution in [-0.2, 0) is 19.3 Å². The summed E-state index contributed by atoms with van der Waals surface area (Å²) < 4.78 is 0. The molecule has 3 rings (SSSR count). The standard InChI is InChI=1S/C24H30/c1-6-10-18-13-14-19-15-20(24(3,4)5)16-22(19)23(18)21-12-9-8-11-17(21)7-2/h8-9,11-14,16H,6-7,10,15H2,1-5H3. The number of allylic oxidation sites excluding steroid dienone is 1.